The summed E-state index contributed by atoms with van der Waals surface area (Å²) in [5.74, 6) is -1.87. The van der Waals surface area contributed by atoms with Gasteiger partial charge < -0.3 is 15.4 Å². The van der Waals surface area contributed by atoms with Crippen LogP contribution in [0, 0.1) is 5.82 Å². The number of likely N-dealkylation sites (N-methyl/N-ethyl adjacent to an activating group) is 1. The Morgan fingerprint density at radius 3 is 2.72 bits per heavy atom. The molecule has 4 nitrogen and oxygen atoms in total. The van der Waals surface area contributed by atoms with E-state index in [1.807, 2.05) is 6.92 Å². The fourth-order valence-corrected chi connectivity index (χ4v) is 1.21. The standard InChI is InChI=1S/C11H13F3N2O2/c1-2-15-6-10(17)16-7-3-4-9(8(12)5-7)18-11(13)14/h3-5,11,15H,2,6H2,1H3,(H,16,17). The number of hydrogen-bond acceptors (Lipinski definition) is 3. The zero-order valence-corrected chi connectivity index (χ0v) is 9.67. The molecule has 0 heterocycles. The quantitative estimate of drug-likeness (QED) is 0.824. The number of alkyl halides is 2. The van der Waals surface area contributed by atoms with Crippen molar-refractivity contribution >= 4 is 11.6 Å². The summed E-state index contributed by atoms with van der Waals surface area (Å²) in [6, 6.07) is 3.23. The lowest BCUT2D eigenvalue weighted by molar-refractivity contribution is -0.115. The number of carbonyl (C=O) groups is 1. The van der Waals surface area contributed by atoms with E-state index >= 15 is 0 Å². The molecule has 1 aromatic rings. The normalized spacial score (nSPS) is 10.5. The SMILES string of the molecule is CCNCC(=O)Nc1ccc(OC(F)F)c(F)c1. The summed E-state index contributed by atoms with van der Waals surface area (Å²) < 4.78 is 41.0. The molecule has 0 fully saturated rings. The van der Waals surface area contributed by atoms with Crippen LogP contribution in [0.5, 0.6) is 5.75 Å². The van der Waals surface area contributed by atoms with Gasteiger partial charge in [-0.25, -0.2) is 4.39 Å². The Hall–Kier alpha value is -1.76. The first-order chi connectivity index (χ1) is 8.52. The predicted molar refractivity (Wildman–Crippen MR) is 60.2 cm³/mol. The van der Waals surface area contributed by atoms with E-state index in [0.29, 0.717) is 6.54 Å². The number of hydrogen-bond donors (Lipinski definition) is 2. The number of amides is 1. The van der Waals surface area contributed by atoms with Crippen LogP contribution < -0.4 is 15.4 Å². The van der Waals surface area contributed by atoms with Crippen molar-refractivity contribution in [1.29, 1.82) is 0 Å². The van der Waals surface area contributed by atoms with Crippen molar-refractivity contribution in [2.75, 3.05) is 18.4 Å². The van der Waals surface area contributed by atoms with Crippen LogP contribution in [0.3, 0.4) is 0 Å². The number of halogens is 3. The molecule has 0 aliphatic carbocycles. The van der Waals surface area contributed by atoms with Gasteiger partial charge in [0.25, 0.3) is 0 Å². The van der Waals surface area contributed by atoms with Crippen LogP contribution in [0.2, 0.25) is 0 Å². The Morgan fingerprint density at radius 1 is 1.44 bits per heavy atom. The zero-order valence-electron chi connectivity index (χ0n) is 9.67. The highest BCUT2D eigenvalue weighted by Crippen LogP contribution is 2.22. The third-order valence-corrected chi connectivity index (χ3v) is 1.97. The minimum Gasteiger partial charge on any atom is -0.432 e. The first kappa shape index (κ1) is 14.3. The molecule has 0 atom stereocenters. The average Bonchev–Trinajstić information content (AvgIpc) is 2.29. The molecule has 1 rings (SSSR count). The molecule has 1 aromatic carbocycles. The van der Waals surface area contributed by atoms with Gasteiger partial charge in [0.15, 0.2) is 11.6 Å². The number of ether oxygens (including phenoxy) is 1. The monoisotopic (exact) mass is 262 g/mol. The first-order valence-electron chi connectivity index (χ1n) is 5.28. The number of benzene rings is 1. The summed E-state index contributed by atoms with van der Waals surface area (Å²) in [5.41, 5.74) is 0.178. The van der Waals surface area contributed by atoms with Crippen molar-refractivity contribution < 1.29 is 22.7 Å². The lowest BCUT2D eigenvalue weighted by Gasteiger charge is -2.09. The van der Waals surface area contributed by atoms with E-state index in [2.05, 4.69) is 15.4 Å². The molecular weight excluding hydrogens is 249 g/mol. The molecule has 0 aliphatic heterocycles. The second kappa shape index (κ2) is 6.85. The molecule has 7 heteroatoms. The largest absolute Gasteiger partial charge is 0.432 e. The van der Waals surface area contributed by atoms with Gasteiger partial charge in [0.2, 0.25) is 5.91 Å². The van der Waals surface area contributed by atoms with Gasteiger partial charge >= 0.3 is 6.61 Å². The molecular formula is C11H13F3N2O2. The van der Waals surface area contributed by atoms with Crippen molar-refractivity contribution in [1.82, 2.24) is 5.32 Å². The minimum atomic E-state index is -3.09. The number of anilines is 1. The second-order valence-electron chi connectivity index (χ2n) is 3.35. The molecule has 0 aromatic heterocycles. The number of nitrogens with one attached hydrogen (secondary N) is 2. The van der Waals surface area contributed by atoms with Crippen LogP contribution >= 0.6 is 0 Å². The fourth-order valence-electron chi connectivity index (χ4n) is 1.21. The maximum Gasteiger partial charge on any atom is 0.387 e. The van der Waals surface area contributed by atoms with Crippen LogP contribution in [0.4, 0.5) is 18.9 Å². The molecule has 0 saturated heterocycles. The van der Waals surface area contributed by atoms with Gasteiger partial charge in [-0.15, -0.1) is 0 Å². The maximum atomic E-state index is 13.3. The summed E-state index contributed by atoms with van der Waals surface area (Å²) in [6.45, 7) is -0.534. The topological polar surface area (TPSA) is 50.4 Å². The Kier molecular flexibility index (Phi) is 5.44. The van der Waals surface area contributed by atoms with Crippen LogP contribution in [0.25, 0.3) is 0 Å². The van der Waals surface area contributed by atoms with Crippen LogP contribution in [0.15, 0.2) is 18.2 Å². The van der Waals surface area contributed by atoms with Gasteiger partial charge in [-0.3, -0.25) is 4.79 Å². The van der Waals surface area contributed by atoms with Crippen LogP contribution in [-0.4, -0.2) is 25.6 Å². The minimum absolute atomic E-state index is 0.0907. The Balaban J connectivity index is 2.63. The highest BCUT2D eigenvalue weighted by Gasteiger charge is 2.11. The van der Waals surface area contributed by atoms with Gasteiger partial charge in [-0.2, -0.15) is 8.78 Å². The fraction of sp³-hybridized carbons (Fsp3) is 0.364. The molecule has 0 saturated carbocycles. The van der Waals surface area contributed by atoms with Crippen molar-refractivity contribution in [3.05, 3.63) is 24.0 Å². The molecule has 0 bridgehead atoms. The smallest absolute Gasteiger partial charge is 0.387 e. The molecule has 0 radical (unpaired) electrons. The molecule has 0 spiro atoms. The molecule has 100 valence electrons. The Labute approximate surface area is 102 Å². The molecule has 18 heavy (non-hydrogen) atoms. The molecule has 0 unspecified atom stereocenters. The first-order valence-corrected chi connectivity index (χ1v) is 5.28. The highest BCUT2D eigenvalue weighted by molar-refractivity contribution is 5.92. The van der Waals surface area contributed by atoms with E-state index in [1.54, 1.807) is 0 Å². The van der Waals surface area contributed by atoms with Gasteiger partial charge in [0.1, 0.15) is 0 Å². The maximum absolute atomic E-state index is 13.3. The van der Waals surface area contributed by atoms with E-state index in [9.17, 15) is 18.0 Å². The summed E-state index contributed by atoms with van der Waals surface area (Å²) >= 11 is 0. The van der Waals surface area contributed by atoms with E-state index < -0.39 is 18.2 Å². The number of carbonyl (C=O) groups excluding carboxylic acids is 1. The summed E-state index contributed by atoms with van der Waals surface area (Å²) in [4.78, 5) is 11.3. The Bertz CT molecular complexity index is 413. The average molecular weight is 262 g/mol. The lowest BCUT2D eigenvalue weighted by Crippen LogP contribution is -2.27. The molecule has 1 amide bonds. The zero-order chi connectivity index (χ0) is 13.5. The molecule has 2 N–H and O–H groups in total. The van der Waals surface area contributed by atoms with E-state index in [1.165, 1.54) is 6.07 Å². The van der Waals surface area contributed by atoms with Crippen LogP contribution in [0.1, 0.15) is 6.92 Å². The second-order valence-corrected chi connectivity index (χ2v) is 3.35. The number of rotatable bonds is 6. The van der Waals surface area contributed by atoms with E-state index in [0.717, 1.165) is 12.1 Å². The van der Waals surface area contributed by atoms with Gasteiger partial charge in [0, 0.05) is 11.8 Å². The lowest BCUT2D eigenvalue weighted by atomic mass is 10.3. The van der Waals surface area contributed by atoms with Crippen molar-refractivity contribution in [2.24, 2.45) is 0 Å². The van der Waals surface area contributed by atoms with E-state index in [-0.39, 0.29) is 18.1 Å². The van der Waals surface area contributed by atoms with Gasteiger partial charge in [-0.05, 0) is 18.7 Å². The predicted octanol–water partition coefficient (Wildman–Crippen LogP) is 1.98. The van der Waals surface area contributed by atoms with Crippen LogP contribution in [-0.2, 0) is 4.79 Å². The summed E-state index contributed by atoms with van der Waals surface area (Å²) in [6.07, 6.45) is 0. The van der Waals surface area contributed by atoms with E-state index in [4.69, 9.17) is 0 Å². The summed E-state index contributed by atoms with van der Waals surface area (Å²) in [7, 11) is 0. The molecule has 0 aliphatic rings. The highest BCUT2D eigenvalue weighted by atomic mass is 19.3. The van der Waals surface area contributed by atoms with Crippen molar-refractivity contribution in [3.8, 4) is 5.75 Å². The van der Waals surface area contributed by atoms with Gasteiger partial charge in [-0.1, -0.05) is 6.92 Å². The third kappa shape index (κ3) is 4.62. The van der Waals surface area contributed by atoms with Crippen molar-refractivity contribution in [3.63, 3.8) is 0 Å². The van der Waals surface area contributed by atoms with Crippen molar-refractivity contribution in [2.45, 2.75) is 13.5 Å². The third-order valence-electron chi connectivity index (χ3n) is 1.97. The Morgan fingerprint density at radius 2 is 2.17 bits per heavy atom. The summed E-state index contributed by atoms with van der Waals surface area (Å²) in [5, 5.41) is 5.20. The van der Waals surface area contributed by atoms with Gasteiger partial charge in [0.05, 0.1) is 6.54 Å².